The number of pyridine rings is 1. The van der Waals surface area contributed by atoms with Gasteiger partial charge < -0.3 is 15.6 Å². The van der Waals surface area contributed by atoms with E-state index in [0.29, 0.717) is 22.2 Å². The van der Waals surface area contributed by atoms with E-state index >= 15 is 0 Å². The maximum absolute atomic E-state index is 9.44. The highest BCUT2D eigenvalue weighted by molar-refractivity contribution is 6.33. The lowest BCUT2D eigenvalue weighted by molar-refractivity contribution is 0.398. The molecular weight excluding hydrogens is 378 g/mol. The first-order valence-corrected chi connectivity index (χ1v) is 8.73. The number of halogens is 1. The van der Waals surface area contributed by atoms with Crippen molar-refractivity contribution in [3.8, 4) is 22.8 Å². The van der Waals surface area contributed by atoms with Crippen molar-refractivity contribution in [2.45, 2.75) is 0 Å². The minimum absolute atomic E-state index is 0.0688. The topological polar surface area (TPSA) is 98.0 Å². The van der Waals surface area contributed by atoms with Crippen LogP contribution < -0.4 is 10.5 Å². The number of nitrogens with zero attached hydrogens (tertiary/aromatic N) is 4. The van der Waals surface area contributed by atoms with Gasteiger partial charge in [-0.15, -0.1) is 0 Å². The van der Waals surface area contributed by atoms with Crippen molar-refractivity contribution < 1.29 is 9.84 Å². The number of fused-ring (bicyclic) bond motifs is 1. The van der Waals surface area contributed by atoms with Crippen LogP contribution in [0, 0.1) is 0 Å². The monoisotopic (exact) mass is 393 g/mol. The van der Waals surface area contributed by atoms with Crippen molar-refractivity contribution >= 4 is 28.6 Å². The number of ether oxygens (including phenoxy) is 1. The first kappa shape index (κ1) is 17.8. The minimum Gasteiger partial charge on any atom is -0.508 e. The highest BCUT2D eigenvalue weighted by Gasteiger charge is 2.08. The average molecular weight is 394 g/mol. The number of phenolic OH excluding ortho intramolecular Hbond substituents is 1. The second kappa shape index (κ2) is 7.21. The number of aliphatic imine (C=N–C) groups is 1. The third kappa shape index (κ3) is 3.47. The molecule has 4 aromatic rings. The lowest BCUT2D eigenvalue weighted by Gasteiger charge is -2.03. The molecule has 0 aliphatic heterocycles. The van der Waals surface area contributed by atoms with Crippen LogP contribution in [0.2, 0.25) is 5.02 Å². The SMILES string of the molecule is COc1ccc(-c2cc3cc(C(N)=Nc4ccc(O)cc4Cl)cnn3c2)cn1. The lowest BCUT2D eigenvalue weighted by Crippen LogP contribution is -2.13. The molecule has 0 bridgehead atoms. The van der Waals surface area contributed by atoms with Gasteiger partial charge in [0.1, 0.15) is 11.6 Å². The van der Waals surface area contributed by atoms with Crippen LogP contribution >= 0.6 is 11.6 Å². The Morgan fingerprint density at radius 2 is 2.00 bits per heavy atom. The van der Waals surface area contributed by atoms with Gasteiger partial charge in [0.15, 0.2) is 0 Å². The fourth-order valence-electron chi connectivity index (χ4n) is 2.75. The van der Waals surface area contributed by atoms with E-state index in [4.69, 9.17) is 22.1 Å². The molecule has 28 heavy (non-hydrogen) atoms. The first-order chi connectivity index (χ1) is 13.5. The van der Waals surface area contributed by atoms with Crippen LogP contribution in [0.25, 0.3) is 16.6 Å². The fourth-order valence-corrected chi connectivity index (χ4v) is 2.97. The molecule has 0 unspecified atom stereocenters. The number of phenols is 1. The Balaban J connectivity index is 1.68. The molecule has 8 heteroatoms. The number of hydrogen-bond acceptors (Lipinski definition) is 5. The van der Waals surface area contributed by atoms with E-state index in [0.717, 1.165) is 16.6 Å². The molecule has 0 saturated carbocycles. The molecule has 0 spiro atoms. The summed E-state index contributed by atoms with van der Waals surface area (Å²) in [6, 6.07) is 12.1. The first-order valence-electron chi connectivity index (χ1n) is 8.35. The predicted molar refractivity (Wildman–Crippen MR) is 108 cm³/mol. The molecule has 0 radical (unpaired) electrons. The molecule has 140 valence electrons. The zero-order valence-corrected chi connectivity index (χ0v) is 15.6. The predicted octanol–water partition coefficient (Wildman–Crippen LogP) is 3.80. The number of aromatic hydroxyl groups is 1. The summed E-state index contributed by atoms with van der Waals surface area (Å²) < 4.78 is 6.84. The normalized spacial score (nSPS) is 11.7. The summed E-state index contributed by atoms with van der Waals surface area (Å²) in [6.45, 7) is 0. The summed E-state index contributed by atoms with van der Waals surface area (Å²) in [5, 5.41) is 14.2. The van der Waals surface area contributed by atoms with Crippen molar-refractivity contribution in [1.82, 2.24) is 14.6 Å². The number of hydrogen-bond donors (Lipinski definition) is 2. The third-order valence-electron chi connectivity index (χ3n) is 4.20. The van der Waals surface area contributed by atoms with Crippen LogP contribution in [0.4, 0.5) is 5.69 Å². The van der Waals surface area contributed by atoms with E-state index in [1.807, 2.05) is 30.5 Å². The number of methoxy groups -OCH3 is 1. The summed E-state index contributed by atoms with van der Waals surface area (Å²) in [6.07, 6.45) is 5.29. The minimum atomic E-state index is 0.0688. The summed E-state index contributed by atoms with van der Waals surface area (Å²) >= 11 is 6.09. The van der Waals surface area contributed by atoms with Gasteiger partial charge in [-0.25, -0.2) is 14.5 Å². The maximum atomic E-state index is 9.44. The van der Waals surface area contributed by atoms with Gasteiger partial charge in [0.25, 0.3) is 0 Å². The van der Waals surface area contributed by atoms with Gasteiger partial charge >= 0.3 is 0 Å². The van der Waals surface area contributed by atoms with E-state index in [2.05, 4.69) is 15.1 Å². The summed E-state index contributed by atoms with van der Waals surface area (Å²) in [5.74, 6) is 0.903. The fraction of sp³-hybridized carbons (Fsp3) is 0.0500. The van der Waals surface area contributed by atoms with Gasteiger partial charge in [-0.3, -0.25) is 0 Å². The number of aromatic nitrogens is 3. The molecule has 0 amide bonds. The Morgan fingerprint density at radius 3 is 2.71 bits per heavy atom. The van der Waals surface area contributed by atoms with Gasteiger partial charge in [-0.2, -0.15) is 5.10 Å². The number of rotatable bonds is 4. The molecule has 0 saturated heterocycles. The highest BCUT2D eigenvalue weighted by Crippen LogP contribution is 2.29. The Labute approximate surface area is 165 Å². The molecule has 0 aliphatic rings. The van der Waals surface area contributed by atoms with E-state index in [1.165, 1.54) is 12.1 Å². The van der Waals surface area contributed by atoms with Crippen LogP contribution in [0.15, 0.2) is 66.0 Å². The Kier molecular flexibility index (Phi) is 4.58. The number of nitrogens with two attached hydrogens (primary N) is 1. The average Bonchev–Trinajstić information content (AvgIpc) is 3.13. The lowest BCUT2D eigenvalue weighted by atomic mass is 10.1. The second-order valence-corrected chi connectivity index (χ2v) is 6.47. The Bertz CT molecular complexity index is 1190. The Hall–Kier alpha value is -3.58. The van der Waals surface area contributed by atoms with E-state index in [-0.39, 0.29) is 11.6 Å². The number of benzene rings is 1. The zero-order chi connectivity index (χ0) is 19.7. The molecule has 3 heterocycles. The number of amidine groups is 1. The van der Waals surface area contributed by atoms with E-state index < -0.39 is 0 Å². The molecule has 0 fully saturated rings. The van der Waals surface area contributed by atoms with Crippen LogP contribution in [0.5, 0.6) is 11.6 Å². The molecule has 0 aliphatic carbocycles. The van der Waals surface area contributed by atoms with Gasteiger partial charge in [-0.05, 0) is 30.3 Å². The van der Waals surface area contributed by atoms with Crippen molar-refractivity contribution in [2.75, 3.05) is 7.11 Å². The van der Waals surface area contributed by atoms with Crippen molar-refractivity contribution in [1.29, 1.82) is 0 Å². The van der Waals surface area contributed by atoms with Crippen LogP contribution in [-0.2, 0) is 0 Å². The van der Waals surface area contributed by atoms with Gasteiger partial charge in [-0.1, -0.05) is 11.6 Å². The molecule has 7 nitrogen and oxygen atoms in total. The molecular formula is C20H16ClN5O2. The smallest absolute Gasteiger partial charge is 0.212 e. The van der Waals surface area contributed by atoms with Crippen LogP contribution in [0.1, 0.15) is 5.56 Å². The molecule has 3 N–H and O–H groups in total. The summed E-state index contributed by atoms with van der Waals surface area (Å²) in [5.41, 5.74) is 10.0. The molecule has 3 aromatic heterocycles. The van der Waals surface area contributed by atoms with Gasteiger partial charge in [0, 0.05) is 41.2 Å². The molecule has 1 aromatic carbocycles. The van der Waals surface area contributed by atoms with E-state index in [1.54, 1.807) is 30.1 Å². The van der Waals surface area contributed by atoms with Crippen molar-refractivity contribution in [3.05, 3.63) is 71.6 Å². The molecule has 4 rings (SSSR count). The van der Waals surface area contributed by atoms with Crippen LogP contribution in [0.3, 0.4) is 0 Å². The summed E-state index contributed by atoms with van der Waals surface area (Å²) in [4.78, 5) is 8.57. The summed E-state index contributed by atoms with van der Waals surface area (Å²) in [7, 11) is 1.58. The van der Waals surface area contributed by atoms with Crippen LogP contribution in [-0.4, -0.2) is 32.7 Å². The largest absolute Gasteiger partial charge is 0.508 e. The van der Waals surface area contributed by atoms with Crippen molar-refractivity contribution in [2.24, 2.45) is 10.7 Å². The Morgan fingerprint density at radius 1 is 1.14 bits per heavy atom. The second-order valence-electron chi connectivity index (χ2n) is 6.06. The van der Waals surface area contributed by atoms with Gasteiger partial charge in [0.2, 0.25) is 5.88 Å². The maximum Gasteiger partial charge on any atom is 0.212 e. The van der Waals surface area contributed by atoms with Crippen molar-refractivity contribution in [3.63, 3.8) is 0 Å². The quantitative estimate of drug-likeness (QED) is 0.406. The van der Waals surface area contributed by atoms with E-state index in [9.17, 15) is 5.11 Å². The molecule has 0 atom stereocenters. The third-order valence-corrected chi connectivity index (χ3v) is 4.50. The zero-order valence-electron chi connectivity index (χ0n) is 14.9. The highest BCUT2D eigenvalue weighted by atomic mass is 35.5. The standard InChI is InChI=1S/C20H16ClN5O2/c1-28-19-5-2-12(9-23-19)14-7-15-6-13(10-24-26(15)11-14)20(22)25-18-4-3-16(27)8-17(18)21/h2-11,27H,1H3,(H2,22,25). The van der Waals surface area contributed by atoms with Gasteiger partial charge in [0.05, 0.1) is 29.5 Å².